The maximum Gasteiger partial charge on any atom is -0.00236 e. The van der Waals surface area contributed by atoms with E-state index in [1.54, 1.807) is 5.56 Å². The average molecular weight is 268 g/mol. The lowest BCUT2D eigenvalue weighted by molar-refractivity contribution is 0.988. The van der Waals surface area contributed by atoms with E-state index in [0.29, 0.717) is 0 Å². The van der Waals surface area contributed by atoms with Crippen LogP contribution in [-0.4, -0.2) is 0 Å². The Kier molecular flexibility index (Phi) is 2.08. The topological polar surface area (TPSA) is 0 Å². The summed E-state index contributed by atoms with van der Waals surface area (Å²) in [6.45, 7) is 2.25. The van der Waals surface area contributed by atoms with Crippen LogP contribution in [0.4, 0.5) is 0 Å². The lowest BCUT2D eigenvalue weighted by Crippen LogP contribution is -2.00. The van der Waals surface area contributed by atoms with Gasteiger partial charge in [0.1, 0.15) is 0 Å². The third-order valence-corrected chi connectivity index (χ3v) is 5.03. The molecule has 21 heavy (non-hydrogen) atoms. The third kappa shape index (κ3) is 1.40. The van der Waals surface area contributed by atoms with Crippen molar-refractivity contribution in [1.29, 1.82) is 0 Å². The predicted octanol–water partition coefficient (Wildman–Crippen LogP) is 5.93. The van der Waals surface area contributed by atoms with E-state index in [1.165, 1.54) is 56.3 Å². The molecule has 0 fully saturated rings. The Morgan fingerprint density at radius 1 is 0.810 bits per heavy atom. The molecule has 0 bridgehead atoms. The van der Waals surface area contributed by atoms with Gasteiger partial charge in [-0.2, -0.15) is 0 Å². The SMILES string of the molecule is CC1=CCCc2c1cc1ccc3cccc4ccc2c1c34. The average Bonchev–Trinajstić information content (AvgIpc) is 2.53. The number of aryl methyl sites for hydroxylation is 1. The van der Waals surface area contributed by atoms with Gasteiger partial charge in [0.05, 0.1) is 0 Å². The molecule has 100 valence electrons. The van der Waals surface area contributed by atoms with E-state index in [1.807, 2.05) is 0 Å². The van der Waals surface area contributed by atoms with Gasteiger partial charge in [0.25, 0.3) is 0 Å². The lowest BCUT2D eigenvalue weighted by Gasteiger charge is -2.20. The number of rotatable bonds is 0. The van der Waals surface area contributed by atoms with E-state index in [9.17, 15) is 0 Å². The van der Waals surface area contributed by atoms with E-state index >= 15 is 0 Å². The largest absolute Gasteiger partial charge is 0.0807 e. The molecule has 0 heteroatoms. The quantitative estimate of drug-likeness (QED) is 0.346. The summed E-state index contributed by atoms with van der Waals surface area (Å²) in [5.74, 6) is 0. The maximum absolute atomic E-state index is 2.40. The molecule has 5 rings (SSSR count). The van der Waals surface area contributed by atoms with Gasteiger partial charge in [-0.05, 0) is 74.8 Å². The molecule has 0 nitrogen and oxygen atoms in total. The Bertz CT molecular complexity index is 1020. The molecule has 1 aliphatic carbocycles. The van der Waals surface area contributed by atoms with Crippen molar-refractivity contribution in [3.63, 3.8) is 0 Å². The van der Waals surface area contributed by atoms with Gasteiger partial charge in [-0.1, -0.05) is 48.5 Å². The van der Waals surface area contributed by atoms with Crippen LogP contribution in [0, 0.1) is 0 Å². The molecular weight excluding hydrogens is 252 g/mol. The van der Waals surface area contributed by atoms with Crippen molar-refractivity contribution in [2.75, 3.05) is 0 Å². The molecule has 0 spiro atoms. The van der Waals surface area contributed by atoms with Crippen molar-refractivity contribution in [3.8, 4) is 0 Å². The van der Waals surface area contributed by atoms with Gasteiger partial charge >= 0.3 is 0 Å². The summed E-state index contributed by atoms with van der Waals surface area (Å²) in [7, 11) is 0. The molecule has 0 amide bonds. The number of fused-ring (bicyclic) bond motifs is 2. The Balaban J connectivity index is 2.10. The van der Waals surface area contributed by atoms with Crippen LogP contribution in [0.15, 0.2) is 54.6 Å². The van der Waals surface area contributed by atoms with Crippen LogP contribution in [-0.2, 0) is 6.42 Å². The Hall–Kier alpha value is -2.34. The van der Waals surface area contributed by atoms with Crippen molar-refractivity contribution >= 4 is 37.9 Å². The summed E-state index contributed by atoms with van der Waals surface area (Å²) in [6.07, 6.45) is 4.71. The fourth-order valence-corrected chi connectivity index (χ4v) is 4.03. The van der Waals surface area contributed by atoms with Crippen molar-refractivity contribution < 1.29 is 0 Å². The highest BCUT2D eigenvalue weighted by atomic mass is 14.2. The fourth-order valence-electron chi connectivity index (χ4n) is 4.03. The predicted molar refractivity (Wildman–Crippen MR) is 92.1 cm³/mol. The molecule has 0 unspecified atom stereocenters. The normalized spacial score (nSPS) is 14.8. The molecule has 0 radical (unpaired) electrons. The van der Waals surface area contributed by atoms with Crippen molar-refractivity contribution in [3.05, 3.63) is 65.7 Å². The molecule has 0 saturated carbocycles. The molecule has 0 aliphatic heterocycles. The first-order valence-corrected chi connectivity index (χ1v) is 7.69. The van der Waals surface area contributed by atoms with Crippen LogP contribution in [0.2, 0.25) is 0 Å². The fraction of sp³-hybridized carbons (Fsp3) is 0.143. The second-order valence-electron chi connectivity index (χ2n) is 6.18. The molecular formula is C21H16. The summed E-state index contributed by atoms with van der Waals surface area (Å²) in [5.41, 5.74) is 4.43. The Morgan fingerprint density at radius 2 is 1.57 bits per heavy atom. The first-order valence-electron chi connectivity index (χ1n) is 7.69. The van der Waals surface area contributed by atoms with E-state index in [-0.39, 0.29) is 0 Å². The number of benzene rings is 4. The number of hydrogen-bond donors (Lipinski definition) is 0. The van der Waals surface area contributed by atoms with Crippen LogP contribution >= 0.6 is 0 Å². The molecule has 0 aromatic heterocycles. The van der Waals surface area contributed by atoms with Crippen LogP contribution in [0.25, 0.3) is 37.9 Å². The van der Waals surface area contributed by atoms with Gasteiger partial charge < -0.3 is 0 Å². The summed E-state index contributed by atoms with van der Waals surface area (Å²) in [6, 6.07) is 18.2. The van der Waals surface area contributed by atoms with Crippen molar-refractivity contribution in [2.24, 2.45) is 0 Å². The maximum atomic E-state index is 2.40. The summed E-state index contributed by atoms with van der Waals surface area (Å²) in [4.78, 5) is 0. The molecule has 0 atom stereocenters. The zero-order valence-corrected chi connectivity index (χ0v) is 12.1. The van der Waals surface area contributed by atoms with Gasteiger partial charge in [0, 0.05) is 0 Å². The molecule has 1 aliphatic rings. The molecule has 4 aromatic rings. The van der Waals surface area contributed by atoms with Crippen LogP contribution in [0.5, 0.6) is 0 Å². The highest BCUT2D eigenvalue weighted by Gasteiger charge is 2.16. The molecule has 4 aromatic carbocycles. The highest BCUT2D eigenvalue weighted by molar-refractivity contribution is 6.24. The van der Waals surface area contributed by atoms with Crippen molar-refractivity contribution in [2.45, 2.75) is 19.8 Å². The standard InChI is InChI=1S/C21H16/c1-13-4-2-7-17-18-11-10-15-6-3-5-14-8-9-16(12-19(13)17)21(18)20(14)15/h3-6,8-12H,2,7H2,1H3. The summed E-state index contributed by atoms with van der Waals surface area (Å²) >= 11 is 0. The number of allylic oxidation sites excluding steroid dienone is 2. The first kappa shape index (κ1) is 11.3. The third-order valence-electron chi connectivity index (χ3n) is 5.03. The zero-order valence-electron chi connectivity index (χ0n) is 12.1. The van der Waals surface area contributed by atoms with E-state index in [0.717, 1.165) is 0 Å². The molecule has 0 heterocycles. The Labute approximate surface area is 124 Å². The van der Waals surface area contributed by atoms with Gasteiger partial charge in [-0.25, -0.2) is 0 Å². The van der Waals surface area contributed by atoms with E-state index < -0.39 is 0 Å². The highest BCUT2D eigenvalue weighted by Crippen LogP contribution is 2.40. The van der Waals surface area contributed by atoms with Gasteiger partial charge in [0.15, 0.2) is 0 Å². The van der Waals surface area contributed by atoms with E-state index in [4.69, 9.17) is 0 Å². The molecule has 0 saturated heterocycles. The monoisotopic (exact) mass is 268 g/mol. The second-order valence-corrected chi connectivity index (χ2v) is 6.18. The van der Waals surface area contributed by atoms with Crippen LogP contribution in [0.1, 0.15) is 24.5 Å². The van der Waals surface area contributed by atoms with Crippen LogP contribution in [0.3, 0.4) is 0 Å². The Morgan fingerprint density at radius 3 is 2.43 bits per heavy atom. The zero-order chi connectivity index (χ0) is 14.0. The smallest absolute Gasteiger partial charge is 0.00236 e. The van der Waals surface area contributed by atoms with Gasteiger partial charge in [-0.3, -0.25) is 0 Å². The summed E-state index contributed by atoms with van der Waals surface area (Å²) < 4.78 is 0. The lowest BCUT2D eigenvalue weighted by atomic mass is 9.83. The summed E-state index contributed by atoms with van der Waals surface area (Å²) in [5, 5.41) is 8.44. The minimum absolute atomic E-state index is 1.17. The van der Waals surface area contributed by atoms with Gasteiger partial charge in [0.2, 0.25) is 0 Å². The van der Waals surface area contributed by atoms with Crippen LogP contribution < -0.4 is 0 Å². The number of hydrogen-bond acceptors (Lipinski definition) is 0. The molecule has 0 N–H and O–H groups in total. The second kappa shape index (κ2) is 3.85. The van der Waals surface area contributed by atoms with E-state index in [2.05, 4.69) is 61.5 Å². The van der Waals surface area contributed by atoms with Crippen molar-refractivity contribution in [1.82, 2.24) is 0 Å². The minimum Gasteiger partial charge on any atom is -0.0807 e. The minimum atomic E-state index is 1.17. The van der Waals surface area contributed by atoms with Gasteiger partial charge in [-0.15, -0.1) is 0 Å². The first-order chi connectivity index (χ1) is 10.3.